The third-order valence-corrected chi connectivity index (χ3v) is 6.71. The highest BCUT2D eigenvalue weighted by atomic mass is 16.5. The van der Waals surface area contributed by atoms with Crippen LogP contribution in [0, 0.1) is 0 Å². The molecule has 1 aliphatic heterocycles. The van der Waals surface area contributed by atoms with E-state index in [4.69, 9.17) is 9.72 Å². The number of hydrogen-bond acceptors (Lipinski definition) is 9. The van der Waals surface area contributed by atoms with Gasteiger partial charge in [-0.15, -0.1) is 0 Å². The molecule has 0 aromatic carbocycles. The molecule has 0 saturated carbocycles. The molecule has 5 aromatic rings. The summed E-state index contributed by atoms with van der Waals surface area (Å²) in [6.07, 6.45) is 9.04. The Balaban J connectivity index is 1.33. The number of nitrogens with zero attached hydrogens (tertiary/aromatic N) is 8. The maximum atomic E-state index is 5.87. The van der Waals surface area contributed by atoms with Crippen LogP contribution < -0.4 is 9.64 Å². The third kappa shape index (κ3) is 4.70. The molecule has 0 bridgehead atoms. The van der Waals surface area contributed by atoms with Gasteiger partial charge in [0.25, 0.3) is 0 Å². The second-order valence-corrected chi connectivity index (χ2v) is 9.68. The van der Waals surface area contributed by atoms with Gasteiger partial charge in [0, 0.05) is 49.9 Å². The van der Waals surface area contributed by atoms with Crippen LogP contribution in [0.1, 0.15) is 0 Å². The fraction of sp³-hybridized carbons (Fsp3) is 0.346. The smallest absolute Gasteiger partial charge is 0.159 e. The summed E-state index contributed by atoms with van der Waals surface area (Å²) in [5.74, 6) is 1.41. The van der Waals surface area contributed by atoms with Crippen molar-refractivity contribution in [1.82, 2.24) is 44.9 Å². The summed E-state index contributed by atoms with van der Waals surface area (Å²) in [5, 5.41) is 8.60. The molecule has 6 heterocycles. The predicted molar refractivity (Wildman–Crippen MR) is 144 cm³/mol. The van der Waals surface area contributed by atoms with Crippen LogP contribution in [0.2, 0.25) is 0 Å². The molecular formula is C26H30N10O. The maximum Gasteiger partial charge on any atom is 0.159 e. The molecule has 0 amide bonds. The minimum atomic E-state index is 0.591. The number of imidazole rings is 1. The highest BCUT2D eigenvalue weighted by molar-refractivity contribution is 5.96. The third-order valence-electron chi connectivity index (χ3n) is 6.71. The lowest BCUT2D eigenvalue weighted by Gasteiger charge is -2.33. The zero-order chi connectivity index (χ0) is 25.4. The van der Waals surface area contributed by atoms with Gasteiger partial charge in [-0.3, -0.25) is 20.1 Å². The van der Waals surface area contributed by atoms with Gasteiger partial charge >= 0.3 is 0 Å². The zero-order valence-corrected chi connectivity index (χ0v) is 21.3. The zero-order valence-electron chi connectivity index (χ0n) is 21.3. The predicted octanol–water partition coefficient (Wildman–Crippen LogP) is 2.65. The highest BCUT2D eigenvalue weighted by Gasteiger charge is 2.20. The molecule has 0 unspecified atom stereocenters. The molecule has 11 heteroatoms. The average molecular weight is 499 g/mol. The van der Waals surface area contributed by atoms with Crippen LogP contribution >= 0.6 is 0 Å². The molecule has 37 heavy (non-hydrogen) atoms. The van der Waals surface area contributed by atoms with Gasteiger partial charge < -0.3 is 24.4 Å². The molecule has 11 nitrogen and oxygen atoms in total. The van der Waals surface area contributed by atoms with Crippen LogP contribution in [-0.4, -0.2) is 105 Å². The van der Waals surface area contributed by atoms with Gasteiger partial charge in [0.2, 0.25) is 0 Å². The van der Waals surface area contributed by atoms with Gasteiger partial charge in [-0.2, -0.15) is 5.10 Å². The van der Waals surface area contributed by atoms with Crippen LogP contribution in [0.3, 0.4) is 0 Å². The lowest BCUT2D eigenvalue weighted by molar-refractivity contribution is 0.261. The van der Waals surface area contributed by atoms with Crippen molar-refractivity contribution in [2.75, 3.05) is 65.4 Å². The molecule has 0 atom stereocenters. The van der Waals surface area contributed by atoms with Crippen molar-refractivity contribution in [3.8, 4) is 28.5 Å². The molecule has 1 fully saturated rings. The summed E-state index contributed by atoms with van der Waals surface area (Å²) < 4.78 is 5.87. The molecule has 2 N–H and O–H groups in total. The molecule has 1 aliphatic rings. The normalized spacial score (nSPS) is 14.8. The van der Waals surface area contributed by atoms with Crippen LogP contribution in [0.5, 0.6) is 5.75 Å². The maximum absolute atomic E-state index is 5.87. The Kier molecular flexibility index (Phi) is 6.15. The van der Waals surface area contributed by atoms with Crippen molar-refractivity contribution in [3.05, 3.63) is 43.1 Å². The van der Waals surface area contributed by atoms with E-state index in [9.17, 15) is 0 Å². The number of ether oxygens (including phenoxy) is 1. The van der Waals surface area contributed by atoms with Crippen molar-refractivity contribution < 1.29 is 4.74 Å². The van der Waals surface area contributed by atoms with Crippen LogP contribution in [0.4, 0.5) is 5.69 Å². The fourth-order valence-electron chi connectivity index (χ4n) is 4.55. The summed E-state index contributed by atoms with van der Waals surface area (Å²) in [4.78, 5) is 28.6. The molecule has 0 spiro atoms. The average Bonchev–Trinajstić information content (AvgIpc) is 3.53. The Hall–Kier alpha value is -4.09. The minimum absolute atomic E-state index is 0.591. The second-order valence-electron chi connectivity index (χ2n) is 9.68. The molecule has 5 aromatic heterocycles. The van der Waals surface area contributed by atoms with E-state index < -0.39 is 0 Å². The van der Waals surface area contributed by atoms with Gasteiger partial charge in [-0.05, 0) is 33.3 Å². The van der Waals surface area contributed by atoms with Crippen molar-refractivity contribution in [2.24, 2.45) is 0 Å². The van der Waals surface area contributed by atoms with Crippen LogP contribution in [0.15, 0.2) is 43.1 Å². The number of piperazine rings is 1. The molecule has 1 saturated heterocycles. The van der Waals surface area contributed by atoms with E-state index in [-0.39, 0.29) is 0 Å². The number of rotatable bonds is 7. The van der Waals surface area contributed by atoms with Crippen molar-refractivity contribution >= 4 is 27.6 Å². The summed E-state index contributed by atoms with van der Waals surface area (Å²) >= 11 is 0. The number of aromatic amines is 2. The molecule has 0 radical (unpaired) electrons. The van der Waals surface area contributed by atoms with E-state index in [0.29, 0.717) is 12.4 Å². The van der Waals surface area contributed by atoms with Gasteiger partial charge in [0.05, 0.1) is 47.2 Å². The second kappa shape index (κ2) is 9.75. The largest absolute Gasteiger partial charge is 0.491 e. The Morgan fingerprint density at radius 3 is 2.65 bits per heavy atom. The van der Waals surface area contributed by atoms with Gasteiger partial charge in [0.1, 0.15) is 23.6 Å². The van der Waals surface area contributed by atoms with E-state index >= 15 is 0 Å². The summed E-state index contributed by atoms with van der Waals surface area (Å²) in [6, 6.07) is 3.98. The van der Waals surface area contributed by atoms with E-state index in [1.54, 1.807) is 18.6 Å². The number of likely N-dealkylation sites (N-methyl/N-ethyl adjacent to an activating group) is 2. The van der Waals surface area contributed by atoms with Crippen LogP contribution in [-0.2, 0) is 0 Å². The van der Waals surface area contributed by atoms with Crippen molar-refractivity contribution in [2.45, 2.75) is 0 Å². The standard InChI is InChI=1S/C26H30N10O/c1-34(2)8-9-37-18-10-17(12-27-13-18)20-11-19-21(15-29-20)32-33-24(19)26-30-22-14-28-16-23(25(22)31-26)36-6-4-35(3)5-7-36/h10-16H,4-9H2,1-3H3,(H,30,31)(H,32,33). The summed E-state index contributed by atoms with van der Waals surface area (Å²) in [5.41, 5.74) is 6.09. The highest BCUT2D eigenvalue weighted by Crippen LogP contribution is 2.32. The van der Waals surface area contributed by atoms with Crippen LogP contribution in [0.25, 0.3) is 44.7 Å². The molecular weight excluding hydrogens is 468 g/mol. The number of aromatic nitrogens is 7. The van der Waals surface area contributed by atoms with Gasteiger partial charge in [0.15, 0.2) is 5.82 Å². The van der Waals surface area contributed by atoms with E-state index in [1.165, 1.54) is 0 Å². The lowest BCUT2D eigenvalue weighted by atomic mass is 10.1. The first-order chi connectivity index (χ1) is 18.0. The number of hydrogen-bond donors (Lipinski definition) is 2. The number of anilines is 1. The Morgan fingerprint density at radius 2 is 1.81 bits per heavy atom. The first-order valence-corrected chi connectivity index (χ1v) is 12.4. The number of H-pyrrole nitrogens is 2. The Labute approximate surface area is 214 Å². The summed E-state index contributed by atoms with van der Waals surface area (Å²) in [7, 11) is 6.19. The van der Waals surface area contributed by atoms with E-state index in [0.717, 1.165) is 83.0 Å². The van der Waals surface area contributed by atoms with Gasteiger partial charge in [-0.25, -0.2) is 4.98 Å². The van der Waals surface area contributed by atoms with E-state index in [1.807, 2.05) is 38.6 Å². The fourth-order valence-corrected chi connectivity index (χ4v) is 4.55. The SMILES string of the molecule is CN(C)CCOc1cncc(-c2cc3c(-c4nc5c(N6CCN(C)CC6)cncc5[nH]4)n[nH]c3cn2)c1. The first kappa shape index (κ1) is 23.3. The number of fused-ring (bicyclic) bond motifs is 2. The lowest BCUT2D eigenvalue weighted by Crippen LogP contribution is -2.44. The van der Waals surface area contributed by atoms with Gasteiger partial charge in [-0.1, -0.05) is 0 Å². The quantitative estimate of drug-likeness (QED) is 0.349. The number of nitrogens with one attached hydrogen (secondary N) is 2. The van der Waals surface area contributed by atoms with E-state index in [2.05, 4.69) is 51.9 Å². The minimum Gasteiger partial charge on any atom is -0.491 e. The molecule has 6 rings (SSSR count). The Morgan fingerprint density at radius 1 is 0.973 bits per heavy atom. The molecule has 0 aliphatic carbocycles. The van der Waals surface area contributed by atoms with Crippen molar-refractivity contribution in [1.29, 1.82) is 0 Å². The number of pyridine rings is 3. The first-order valence-electron chi connectivity index (χ1n) is 12.4. The Bertz CT molecular complexity index is 1530. The molecule has 190 valence electrons. The topological polar surface area (TPSA) is 115 Å². The summed E-state index contributed by atoms with van der Waals surface area (Å²) in [6.45, 7) is 5.36. The van der Waals surface area contributed by atoms with Crippen molar-refractivity contribution in [3.63, 3.8) is 0 Å². The monoisotopic (exact) mass is 498 g/mol.